The molecule has 3 heterocycles. The Kier molecular flexibility index (Phi) is 10.2. The minimum atomic E-state index is -1.60. The molecule has 0 amide bonds. The molecule has 53 heavy (non-hydrogen) atoms. The third-order valence-corrected chi connectivity index (χ3v) is 15.6. The lowest BCUT2D eigenvalue weighted by molar-refractivity contribution is -0.363. The number of cyclic esters (lactones) is 1. The van der Waals surface area contributed by atoms with Crippen LogP contribution in [0.4, 0.5) is 0 Å². The van der Waals surface area contributed by atoms with Gasteiger partial charge in [-0.3, -0.25) is 9.59 Å². The molecule has 0 radical (unpaired) electrons. The molecule has 12 heteroatoms. The van der Waals surface area contributed by atoms with Crippen LogP contribution in [0.5, 0.6) is 0 Å². The summed E-state index contributed by atoms with van der Waals surface area (Å²) in [5.41, 5.74) is -1.37. The van der Waals surface area contributed by atoms with Crippen molar-refractivity contribution >= 4 is 11.8 Å². The van der Waals surface area contributed by atoms with E-state index in [9.17, 15) is 35.1 Å². The van der Waals surface area contributed by atoms with Gasteiger partial charge in [0.05, 0.1) is 30.1 Å². The summed E-state index contributed by atoms with van der Waals surface area (Å²) in [5, 5.41) is 52.8. The maximum absolute atomic E-state index is 14.2. The molecule has 0 aromatic heterocycles. The number of esters is 1. The van der Waals surface area contributed by atoms with E-state index in [4.69, 9.17) is 23.7 Å². The maximum Gasteiger partial charge on any atom is 0.314 e. The van der Waals surface area contributed by atoms with E-state index in [1.807, 2.05) is 6.92 Å². The SMILES string of the molecule is CC(C)CCC[C@]1(C)OC(=O)[C@]23CC=C4[C@@H](CC[C@H]5C(C)(C)[C@@H](O[C@@H]6OC[C@@H](O)[C@H](O)[C@H]6O[C@@H]6O[C@H](C)[C@@H](O)[C@H](O)[C@H]6O)CC[C@]45C)[C@]2(C)CC(=O)[C@@H]31. The monoisotopic (exact) mass is 748 g/mol. The molecule has 0 aromatic carbocycles. The van der Waals surface area contributed by atoms with Crippen LogP contribution in [0, 0.1) is 45.3 Å². The summed E-state index contributed by atoms with van der Waals surface area (Å²) in [5.74, 6) is 0.371. The van der Waals surface area contributed by atoms with Gasteiger partial charge >= 0.3 is 5.97 Å². The van der Waals surface area contributed by atoms with Crippen molar-refractivity contribution in [3.8, 4) is 0 Å². The first-order chi connectivity index (χ1) is 24.7. The Balaban J connectivity index is 1.12. The van der Waals surface area contributed by atoms with Crippen molar-refractivity contribution in [1.82, 2.24) is 0 Å². The highest BCUT2D eigenvalue weighted by Crippen LogP contribution is 2.75. The average Bonchev–Trinajstić information content (AvgIpc) is 3.47. The predicted molar refractivity (Wildman–Crippen MR) is 191 cm³/mol. The number of ether oxygens (including phenoxy) is 5. The zero-order chi connectivity index (χ0) is 38.6. The van der Waals surface area contributed by atoms with Crippen LogP contribution in [0.15, 0.2) is 11.6 Å². The fourth-order valence-corrected chi connectivity index (χ4v) is 12.7. The number of carbonyl (C=O) groups excluding carboxylic acids is 2. The Morgan fingerprint density at radius 1 is 0.906 bits per heavy atom. The van der Waals surface area contributed by atoms with Gasteiger partial charge in [0.25, 0.3) is 0 Å². The number of carbonyl (C=O) groups is 2. The van der Waals surface area contributed by atoms with Gasteiger partial charge in [0.15, 0.2) is 12.6 Å². The van der Waals surface area contributed by atoms with Gasteiger partial charge in [-0.25, -0.2) is 0 Å². The molecule has 3 saturated heterocycles. The zero-order valence-corrected chi connectivity index (χ0v) is 32.8. The molecule has 7 aliphatic rings. The second-order valence-electron chi connectivity index (χ2n) is 19.4. The number of allylic oxidation sites excluding steroid dienone is 2. The van der Waals surface area contributed by atoms with Crippen LogP contribution < -0.4 is 0 Å². The molecule has 7 rings (SSSR count). The van der Waals surface area contributed by atoms with Crippen LogP contribution in [0.2, 0.25) is 0 Å². The van der Waals surface area contributed by atoms with Crippen molar-refractivity contribution in [2.75, 3.05) is 6.61 Å². The topological polar surface area (TPSA) is 181 Å². The lowest BCUT2D eigenvalue weighted by Crippen LogP contribution is -2.63. The molecule has 0 bridgehead atoms. The molecule has 5 N–H and O–H groups in total. The molecule has 1 spiro atoms. The van der Waals surface area contributed by atoms with E-state index in [0.717, 1.165) is 32.1 Å². The Morgan fingerprint density at radius 2 is 1.62 bits per heavy atom. The van der Waals surface area contributed by atoms with Crippen LogP contribution >= 0.6 is 0 Å². The smallest absolute Gasteiger partial charge is 0.314 e. The summed E-state index contributed by atoms with van der Waals surface area (Å²) in [6.07, 6.45) is -3.01. The predicted octanol–water partition coefficient (Wildman–Crippen LogP) is 3.57. The van der Waals surface area contributed by atoms with Crippen molar-refractivity contribution in [3.05, 3.63) is 11.6 Å². The van der Waals surface area contributed by atoms with E-state index in [2.05, 4.69) is 47.6 Å². The van der Waals surface area contributed by atoms with Crippen LogP contribution in [0.3, 0.4) is 0 Å². The summed E-state index contributed by atoms with van der Waals surface area (Å²) >= 11 is 0. The second-order valence-corrected chi connectivity index (χ2v) is 19.4. The fourth-order valence-electron chi connectivity index (χ4n) is 12.7. The highest BCUT2D eigenvalue weighted by atomic mass is 16.8. The summed E-state index contributed by atoms with van der Waals surface area (Å²) in [7, 11) is 0. The number of ketones is 1. The molecule has 6 fully saturated rings. The molecule has 12 nitrogen and oxygen atoms in total. The van der Waals surface area contributed by atoms with Gasteiger partial charge in [0.2, 0.25) is 0 Å². The number of hydrogen-bond donors (Lipinski definition) is 5. The number of hydrogen-bond acceptors (Lipinski definition) is 12. The standard InChI is InChI=1S/C41H64O12/c1-20(2)10-9-15-40(8)33-24(42)18-39(7)23-11-12-26-37(4,5)27(14-16-38(26,6)22(23)13-17-41(33,39)36(48)53-40)51-35-32(29(45)25(43)19-49-35)52-34-31(47)30(46)28(44)21(3)50-34/h13,20-21,23,25-35,43-47H,9-12,14-19H2,1-8H3/t21-,23-,25-,26+,27+,28-,29+,30+,31-,32-,33-,34+,35+,38-,39+,40+,41-/m1/s1. The van der Waals surface area contributed by atoms with Gasteiger partial charge in [-0.2, -0.15) is 0 Å². The normalized spacial score (nSPS) is 52.0. The third kappa shape index (κ3) is 5.86. The number of rotatable bonds is 8. The van der Waals surface area contributed by atoms with Crippen molar-refractivity contribution in [2.24, 2.45) is 45.3 Å². The zero-order valence-electron chi connectivity index (χ0n) is 32.8. The Morgan fingerprint density at radius 3 is 2.32 bits per heavy atom. The Labute approximate surface area is 313 Å². The second kappa shape index (κ2) is 13.6. The highest BCUT2D eigenvalue weighted by Gasteiger charge is 2.78. The third-order valence-electron chi connectivity index (χ3n) is 15.6. The lowest BCUT2D eigenvalue weighted by Gasteiger charge is -2.63. The van der Waals surface area contributed by atoms with E-state index >= 15 is 0 Å². The van der Waals surface area contributed by atoms with Crippen molar-refractivity contribution < 1.29 is 58.8 Å². The number of aliphatic hydroxyl groups excluding tert-OH is 5. The van der Waals surface area contributed by atoms with Gasteiger partial charge in [-0.15, -0.1) is 0 Å². The van der Waals surface area contributed by atoms with Crippen molar-refractivity contribution in [2.45, 2.75) is 180 Å². The molecule has 0 unspecified atom stereocenters. The molecular formula is C41H64O12. The quantitative estimate of drug-likeness (QED) is 0.139. The van der Waals surface area contributed by atoms with E-state index in [1.54, 1.807) is 6.92 Å². The maximum atomic E-state index is 14.2. The molecule has 300 valence electrons. The number of fused-ring (bicyclic) bond motifs is 4. The van der Waals surface area contributed by atoms with E-state index in [-0.39, 0.29) is 47.1 Å². The molecule has 17 atom stereocenters. The minimum absolute atomic E-state index is 0.0829. The molecular weight excluding hydrogens is 684 g/mol. The summed E-state index contributed by atoms with van der Waals surface area (Å²) < 4.78 is 30.6. The summed E-state index contributed by atoms with van der Waals surface area (Å²) in [6, 6.07) is 0. The first-order valence-electron chi connectivity index (χ1n) is 20.2. The number of aliphatic hydroxyl groups is 5. The molecule has 4 aliphatic carbocycles. The van der Waals surface area contributed by atoms with Gasteiger partial charge in [0, 0.05) is 6.42 Å². The largest absolute Gasteiger partial charge is 0.458 e. The molecule has 3 saturated carbocycles. The average molecular weight is 749 g/mol. The van der Waals surface area contributed by atoms with Crippen LogP contribution in [-0.2, 0) is 33.3 Å². The fraction of sp³-hybridized carbons (Fsp3) is 0.902. The van der Waals surface area contributed by atoms with Gasteiger partial charge in [-0.1, -0.05) is 59.6 Å². The van der Waals surface area contributed by atoms with Crippen LogP contribution in [-0.4, -0.2) is 111 Å². The lowest BCUT2D eigenvalue weighted by atomic mass is 9.41. The van der Waals surface area contributed by atoms with E-state index < -0.39 is 77.7 Å². The van der Waals surface area contributed by atoms with Crippen LogP contribution in [0.1, 0.15) is 113 Å². The number of Topliss-reactive ketones (excluding diaryl/α,β-unsaturated/α-hetero) is 1. The van der Waals surface area contributed by atoms with E-state index in [0.29, 0.717) is 31.6 Å². The van der Waals surface area contributed by atoms with E-state index in [1.165, 1.54) is 5.57 Å². The summed E-state index contributed by atoms with van der Waals surface area (Å²) in [4.78, 5) is 28.3. The Hall–Kier alpha value is -1.48. The summed E-state index contributed by atoms with van der Waals surface area (Å²) in [6.45, 7) is 16.7. The minimum Gasteiger partial charge on any atom is -0.458 e. The molecule has 3 aliphatic heterocycles. The first kappa shape index (κ1) is 39.7. The van der Waals surface area contributed by atoms with Crippen molar-refractivity contribution in [3.63, 3.8) is 0 Å². The Bertz CT molecular complexity index is 1460. The first-order valence-corrected chi connectivity index (χ1v) is 20.2. The van der Waals surface area contributed by atoms with Gasteiger partial charge in [0.1, 0.15) is 48.0 Å². The van der Waals surface area contributed by atoms with Gasteiger partial charge < -0.3 is 49.2 Å². The van der Waals surface area contributed by atoms with Crippen molar-refractivity contribution in [1.29, 1.82) is 0 Å². The van der Waals surface area contributed by atoms with Crippen LogP contribution in [0.25, 0.3) is 0 Å². The molecule has 0 aromatic rings. The highest BCUT2D eigenvalue weighted by molar-refractivity contribution is 5.99. The van der Waals surface area contributed by atoms with Gasteiger partial charge in [-0.05, 0) is 92.8 Å².